The Labute approximate surface area is 204 Å². The molecule has 1 aliphatic heterocycles. The Bertz CT molecular complexity index is 1300. The maximum absolute atomic E-state index is 13.5. The minimum Gasteiger partial charge on any atom is -0.497 e. The first-order valence-corrected chi connectivity index (χ1v) is 12.6. The van der Waals surface area contributed by atoms with Crippen LogP contribution in [0, 0.1) is 6.92 Å². The molecular weight excluding hydrogens is 476 g/mol. The zero-order chi connectivity index (χ0) is 24.3. The van der Waals surface area contributed by atoms with E-state index in [4.69, 9.17) is 21.1 Å². The van der Waals surface area contributed by atoms with Crippen molar-refractivity contribution in [1.82, 2.24) is 4.31 Å². The molecule has 1 atom stereocenters. The Morgan fingerprint density at radius 3 is 2.56 bits per heavy atom. The molecule has 4 rings (SSSR count). The Morgan fingerprint density at radius 1 is 1.06 bits per heavy atom. The molecule has 0 radical (unpaired) electrons. The van der Waals surface area contributed by atoms with Crippen molar-refractivity contribution in [2.24, 2.45) is 0 Å². The number of hydrogen-bond donors (Lipinski definition) is 1. The summed E-state index contributed by atoms with van der Waals surface area (Å²) >= 11 is 6.17. The Kier molecular flexibility index (Phi) is 7.11. The second-order valence-electron chi connectivity index (χ2n) is 7.95. The lowest BCUT2D eigenvalue weighted by Gasteiger charge is -2.25. The fourth-order valence-electron chi connectivity index (χ4n) is 3.92. The van der Waals surface area contributed by atoms with E-state index in [1.54, 1.807) is 49.4 Å². The number of sulfonamides is 1. The first-order chi connectivity index (χ1) is 16.3. The molecule has 1 fully saturated rings. The highest BCUT2D eigenvalue weighted by Gasteiger charge is 2.40. The zero-order valence-corrected chi connectivity index (χ0v) is 20.4. The summed E-state index contributed by atoms with van der Waals surface area (Å²) in [6, 6.07) is 18.1. The van der Waals surface area contributed by atoms with Crippen LogP contribution in [0.25, 0.3) is 0 Å². The van der Waals surface area contributed by atoms with Gasteiger partial charge < -0.3 is 14.8 Å². The standard InChI is InChI=1S/C25H25ClN2O5S/c1-17-10-12-20(32-2)16-24(17)34(30,31)28-14-6-9-22(28)25(29)27-21-15-18(26)11-13-23(21)33-19-7-4-3-5-8-19/h3-5,7-8,10-13,15-16,22H,6,9,14H2,1-2H3,(H,27,29). The third-order valence-corrected chi connectivity index (χ3v) is 7.94. The molecule has 178 valence electrons. The van der Waals surface area contributed by atoms with Crippen LogP contribution in [0.1, 0.15) is 18.4 Å². The lowest BCUT2D eigenvalue weighted by Crippen LogP contribution is -2.43. The molecule has 0 aromatic heterocycles. The molecular formula is C25H25ClN2O5S. The average Bonchev–Trinajstić information content (AvgIpc) is 3.33. The third kappa shape index (κ3) is 5.04. The number of rotatable bonds is 7. The number of aryl methyl sites for hydroxylation is 1. The SMILES string of the molecule is COc1ccc(C)c(S(=O)(=O)N2CCCC2C(=O)Nc2cc(Cl)ccc2Oc2ccccc2)c1. The molecule has 9 heteroatoms. The lowest BCUT2D eigenvalue weighted by atomic mass is 10.2. The van der Waals surface area contributed by atoms with Crippen LogP contribution in [0.5, 0.6) is 17.2 Å². The molecule has 0 spiro atoms. The van der Waals surface area contributed by atoms with Crippen molar-refractivity contribution in [2.75, 3.05) is 19.0 Å². The molecule has 0 bridgehead atoms. The zero-order valence-electron chi connectivity index (χ0n) is 18.8. The third-order valence-electron chi connectivity index (χ3n) is 5.66. The molecule has 0 aliphatic carbocycles. The van der Waals surface area contributed by atoms with Gasteiger partial charge in [-0.3, -0.25) is 4.79 Å². The van der Waals surface area contributed by atoms with Gasteiger partial charge >= 0.3 is 0 Å². The van der Waals surface area contributed by atoms with E-state index in [1.807, 2.05) is 18.2 Å². The second kappa shape index (κ2) is 10.0. The highest BCUT2D eigenvalue weighted by Crippen LogP contribution is 2.34. The minimum atomic E-state index is -3.92. The summed E-state index contributed by atoms with van der Waals surface area (Å²) in [6.45, 7) is 1.97. The number of hydrogen-bond acceptors (Lipinski definition) is 5. The monoisotopic (exact) mass is 500 g/mol. The van der Waals surface area contributed by atoms with Gasteiger partial charge in [0.2, 0.25) is 15.9 Å². The Balaban J connectivity index is 1.60. The van der Waals surface area contributed by atoms with Gasteiger partial charge in [-0.05, 0) is 61.7 Å². The maximum atomic E-state index is 13.5. The summed E-state index contributed by atoms with van der Waals surface area (Å²) in [5, 5.41) is 3.24. The van der Waals surface area contributed by atoms with Crippen molar-refractivity contribution >= 4 is 33.2 Å². The number of nitrogens with one attached hydrogen (secondary N) is 1. The quantitative estimate of drug-likeness (QED) is 0.479. The van der Waals surface area contributed by atoms with Crippen molar-refractivity contribution in [3.63, 3.8) is 0 Å². The van der Waals surface area contributed by atoms with Gasteiger partial charge in [-0.15, -0.1) is 0 Å². The van der Waals surface area contributed by atoms with Crippen LogP contribution < -0.4 is 14.8 Å². The molecule has 1 unspecified atom stereocenters. The number of benzene rings is 3. The summed E-state index contributed by atoms with van der Waals surface area (Å²) < 4.78 is 39.4. The van der Waals surface area contributed by atoms with Gasteiger partial charge in [0.1, 0.15) is 17.5 Å². The van der Waals surface area contributed by atoms with Gasteiger partial charge in [-0.2, -0.15) is 4.31 Å². The molecule has 1 amide bonds. The summed E-state index contributed by atoms with van der Waals surface area (Å²) in [5.74, 6) is 0.992. The van der Waals surface area contributed by atoms with E-state index in [-0.39, 0.29) is 11.4 Å². The predicted octanol–water partition coefficient (Wildman–Crippen LogP) is 5.24. The molecule has 1 aliphatic rings. The van der Waals surface area contributed by atoms with E-state index >= 15 is 0 Å². The van der Waals surface area contributed by atoms with Crippen molar-refractivity contribution < 1.29 is 22.7 Å². The molecule has 1 saturated heterocycles. The largest absolute Gasteiger partial charge is 0.497 e. The van der Waals surface area contributed by atoms with Crippen molar-refractivity contribution in [1.29, 1.82) is 0 Å². The first kappa shape index (κ1) is 24.1. The summed E-state index contributed by atoms with van der Waals surface area (Å²) in [7, 11) is -2.44. The van der Waals surface area contributed by atoms with Crippen LogP contribution in [0.3, 0.4) is 0 Å². The fraction of sp³-hybridized carbons (Fsp3) is 0.240. The Hall–Kier alpha value is -3.07. The van der Waals surface area contributed by atoms with Crippen LogP contribution >= 0.6 is 11.6 Å². The van der Waals surface area contributed by atoms with Gasteiger partial charge in [-0.1, -0.05) is 35.9 Å². The van der Waals surface area contributed by atoms with Gasteiger partial charge in [-0.25, -0.2) is 8.42 Å². The first-order valence-electron chi connectivity index (χ1n) is 10.8. The van der Waals surface area contributed by atoms with Gasteiger partial charge in [0.05, 0.1) is 17.7 Å². The molecule has 3 aromatic carbocycles. The summed E-state index contributed by atoms with van der Waals surface area (Å²) in [4.78, 5) is 13.4. The number of carbonyl (C=O) groups is 1. The van der Waals surface area contributed by atoms with Gasteiger partial charge in [0.25, 0.3) is 0 Å². The number of amides is 1. The summed E-state index contributed by atoms with van der Waals surface area (Å²) in [6.07, 6.45) is 0.979. The number of para-hydroxylation sites is 1. The highest BCUT2D eigenvalue weighted by molar-refractivity contribution is 7.89. The van der Waals surface area contributed by atoms with E-state index in [2.05, 4.69) is 5.32 Å². The lowest BCUT2D eigenvalue weighted by molar-refractivity contribution is -0.119. The predicted molar refractivity (Wildman–Crippen MR) is 131 cm³/mol. The molecule has 0 saturated carbocycles. The number of nitrogens with zero attached hydrogens (tertiary/aromatic N) is 1. The number of carbonyl (C=O) groups excluding carboxylic acids is 1. The van der Waals surface area contributed by atoms with Crippen LogP contribution in [-0.2, 0) is 14.8 Å². The minimum absolute atomic E-state index is 0.127. The summed E-state index contributed by atoms with van der Waals surface area (Å²) in [5.41, 5.74) is 0.948. The topological polar surface area (TPSA) is 84.9 Å². The average molecular weight is 501 g/mol. The maximum Gasteiger partial charge on any atom is 0.244 e. The fourth-order valence-corrected chi connectivity index (χ4v) is 5.99. The smallest absolute Gasteiger partial charge is 0.244 e. The van der Waals surface area contributed by atoms with Crippen LogP contribution in [0.15, 0.2) is 71.6 Å². The van der Waals surface area contributed by atoms with Gasteiger partial charge in [0.15, 0.2) is 5.75 Å². The number of methoxy groups -OCH3 is 1. The highest BCUT2D eigenvalue weighted by atomic mass is 35.5. The van der Waals surface area contributed by atoms with Crippen molar-refractivity contribution in [2.45, 2.75) is 30.7 Å². The Morgan fingerprint density at radius 2 is 1.82 bits per heavy atom. The number of ether oxygens (including phenoxy) is 2. The van der Waals surface area contributed by atoms with Gasteiger partial charge in [0, 0.05) is 17.6 Å². The molecule has 7 nitrogen and oxygen atoms in total. The van der Waals surface area contributed by atoms with Crippen LogP contribution in [0.2, 0.25) is 5.02 Å². The van der Waals surface area contributed by atoms with E-state index in [0.29, 0.717) is 46.4 Å². The second-order valence-corrected chi connectivity index (χ2v) is 10.2. The normalized spacial score (nSPS) is 16.3. The van der Waals surface area contributed by atoms with E-state index in [9.17, 15) is 13.2 Å². The van der Waals surface area contributed by atoms with Crippen LogP contribution in [-0.4, -0.2) is 38.3 Å². The van der Waals surface area contributed by atoms with E-state index < -0.39 is 22.0 Å². The number of anilines is 1. The van der Waals surface area contributed by atoms with Crippen molar-refractivity contribution in [3.05, 3.63) is 77.3 Å². The van der Waals surface area contributed by atoms with E-state index in [1.165, 1.54) is 17.5 Å². The van der Waals surface area contributed by atoms with Crippen molar-refractivity contribution in [3.8, 4) is 17.2 Å². The molecule has 3 aromatic rings. The molecule has 34 heavy (non-hydrogen) atoms. The molecule has 1 heterocycles. The van der Waals surface area contributed by atoms with E-state index in [0.717, 1.165) is 0 Å². The number of halogens is 1. The van der Waals surface area contributed by atoms with Crippen LogP contribution in [0.4, 0.5) is 5.69 Å². The molecule has 1 N–H and O–H groups in total.